The summed E-state index contributed by atoms with van der Waals surface area (Å²) in [6, 6.07) is 10.3. The molecule has 0 saturated carbocycles. The van der Waals surface area contributed by atoms with Crippen LogP contribution >= 0.6 is 0 Å². The predicted molar refractivity (Wildman–Crippen MR) is 95.8 cm³/mol. The van der Waals surface area contributed by atoms with Crippen molar-refractivity contribution in [3.8, 4) is 0 Å². The number of piperazine rings is 1. The summed E-state index contributed by atoms with van der Waals surface area (Å²) in [7, 11) is 0. The summed E-state index contributed by atoms with van der Waals surface area (Å²) >= 11 is 0. The van der Waals surface area contributed by atoms with E-state index in [0.717, 1.165) is 13.1 Å². The molecule has 6 heteroatoms. The summed E-state index contributed by atoms with van der Waals surface area (Å²) in [5, 5.41) is 10.2. The number of hydrogen-bond donors (Lipinski definition) is 2. The van der Waals surface area contributed by atoms with Crippen LogP contribution in [-0.2, 0) is 9.47 Å². The maximum Gasteiger partial charge on any atom is 0.410 e. The minimum absolute atomic E-state index is 0.236. The molecule has 1 fully saturated rings. The monoisotopic (exact) mass is 351 g/mol. The Hall–Kier alpha value is -1.63. The molecule has 2 N–H and O–H groups in total. The van der Waals surface area contributed by atoms with Gasteiger partial charge in [0.2, 0.25) is 0 Å². The number of aliphatic hydroxyl groups is 1. The van der Waals surface area contributed by atoms with Crippen LogP contribution in [0, 0.1) is 0 Å². The third-order valence-electron chi connectivity index (χ3n) is 4.57. The summed E-state index contributed by atoms with van der Waals surface area (Å²) in [6.07, 6.45) is -0.715. The zero-order chi connectivity index (χ0) is 18.1. The van der Waals surface area contributed by atoms with Gasteiger partial charge in [-0.1, -0.05) is 37.3 Å². The zero-order valence-electron chi connectivity index (χ0n) is 15.3. The number of nitrogens with zero attached hydrogens (tertiary/aromatic N) is 1. The van der Waals surface area contributed by atoms with Crippen LogP contribution in [0.2, 0.25) is 0 Å². The second-order valence-corrected chi connectivity index (χ2v) is 6.64. The van der Waals surface area contributed by atoms with E-state index in [9.17, 15) is 9.90 Å². The van der Waals surface area contributed by atoms with E-state index in [-0.39, 0.29) is 6.09 Å². The molecule has 0 radical (unpaired) electrons. The number of carbonyl (C=O) groups excluding carboxylic acids is 1. The van der Waals surface area contributed by atoms with Crippen LogP contribution in [-0.4, -0.2) is 74.7 Å². The van der Waals surface area contributed by atoms with Crippen molar-refractivity contribution >= 4 is 6.09 Å². The van der Waals surface area contributed by atoms with Crippen molar-refractivity contribution in [2.45, 2.75) is 25.9 Å². The Balaban J connectivity index is 1.61. The quantitative estimate of drug-likeness (QED) is 0.717. The van der Waals surface area contributed by atoms with Crippen molar-refractivity contribution in [2.24, 2.45) is 0 Å². The summed E-state index contributed by atoms with van der Waals surface area (Å²) in [5.41, 5.74) is 1.25. The van der Waals surface area contributed by atoms with Crippen LogP contribution in [0.3, 0.4) is 0 Å². The minimum atomic E-state index is -0.480. The van der Waals surface area contributed by atoms with Gasteiger partial charge in [-0.05, 0) is 12.5 Å². The van der Waals surface area contributed by atoms with Crippen molar-refractivity contribution in [3.63, 3.8) is 0 Å². The van der Waals surface area contributed by atoms with E-state index in [4.69, 9.17) is 9.47 Å². The average molecular weight is 351 g/mol. The van der Waals surface area contributed by atoms with Gasteiger partial charge in [0, 0.05) is 5.92 Å². The normalized spacial score (nSPS) is 18.0. The molecular formula is C19H31N2O4+. The van der Waals surface area contributed by atoms with Crippen LogP contribution in [0.15, 0.2) is 30.3 Å². The van der Waals surface area contributed by atoms with Crippen LogP contribution in [0.5, 0.6) is 0 Å². The van der Waals surface area contributed by atoms with Crippen molar-refractivity contribution in [1.29, 1.82) is 0 Å². The summed E-state index contributed by atoms with van der Waals surface area (Å²) < 4.78 is 10.7. The molecule has 0 spiro atoms. The number of amides is 1. The van der Waals surface area contributed by atoms with Gasteiger partial charge in [0.1, 0.15) is 12.6 Å². The molecule has 1 aliphatic heterocycles. The van der Waals surface area contributed by atoms with Gasteiger partial charge in [-0.25, -0.2) is 4.79 Å². The molecule has 1 aromatic rings. The number of quaternary nitrogens is 1. The highest BCUT2D eigenvalue weighted by Crippen LogP contribution is 2.14. The van der Waals surface area contributed by atoms with E-state index in [0.29, 0.717) is 45.4 Å². The first-order chi connectivity index (χ1) is 12.1. The Morgan fingerprint density at radius 2 is 1.92 bits per heavy atom. The molecule has 1 aromatic carbocycles. The van der Waals surface area contributed by atoms with Crippen LogP contribution in [0.1, 0.15) is 25.3 Å². The highest BCUT2D eigenvalue weighted by molar-refractivity contribution is 5.67. The smallest absolute Gasteiger partial charge is 0.410 e. The maximum absolute atomic E-state index is 11.7. The Morgan fingerprint density at radius 3 is 2.56 bits per heavy atom. The molecule has 140 valence electrons. The number of ether oxygens (including phenoxy) is 2. The number of aliphatic hydroxyl groups excluding tert-OH is 1. The molecule has 1 saturated heterocycles. The number of hydrogen-bond acceptors (Lipinski definition) is 4. The summed E-state index contributed by atoms with van der Waals surface area (Å²) in [6.45, 7) is 8.96. The SMILES string of the molecule is CCOC(=O)N1CC[NH+](C[C@@H](O)COC[C@H](C)c2ccccc2)CC1. The molecule has 0 bridgehead atoms. The van der Waals surface area contributed by atoms with E-state index in [1.54, 1.807) is 4.90 Å². The molecule has 2 atom stereocenters. The second-order valence-electron chi connectivity index (χ2n) is 6.64. The second kappa shape index (κ2) is 10.4. The Bertz CT molecular complexity index is 503. The van der Waals surface area contributed by atoms with E-state index < -0.39 is 6.10 Å². The van der Waals surface area contributed by atoms with Crippen molar-refractivity contribution in [3.05, 3.63) is 35.9 Å². The first-order valence-corrected chi connectivity index (χ1v) is 9.16. The van der Waals surface area contributed by atoms with Crippen LogP contribution < -0.4 is 4.90 Å². The summed E-state index contributed by atoms with van der Waals surface area (Å²) in [4.78, 5) is 14.7. The topological polar surface area (TPSA) is 63.4 Å². The van der Waals surface area contributed by atoms with Gasteiger partial charge in [0.15, 0.2) is 0 Å². The first kappa shape index (κ1) is 19.7. The third kappa shape index (κ3) is 6.65. The van der Waals surface area contributed by atoms with Gasteiger partial charge in [-0.15, -0.1) is 0 Å². The third-order valence-corrected chi connectivity index (χ3v) is 4.57. The fraction of sp³-hybridized carbons (Fsp3) is 0.632. The molecule has 1 amide bonds. The van der Waals surface area contributed by atoms with E-state index >= 15 is 0 Å². The lowest BCUT2D eigenvalue weighted by molar-refractivity contribution is -0.907. The lowest BCUT2D eigenvalue weighted by Crippen LogP contribution is -3.15. The molecule has 0 aromatic heterocycles. The number of carbonyl (C=O) groups is 1. The fourth-order valence-electron chi connectivity index (χ4n) is 3.08. The Kier molecular flexibility index (Phi) is 8.18. The standard InChI is InChI=1S/C19H30N2O4/c1-3-25-19(23)21-11-9-20(10-12-21)13-18(22)15-24-14-16(2)17-7-5-4-6-8-17/h4-8,16,18,22H,3,9-15H2,1-2H3/p+1/t16-,18+/m0/s1. The molecule has 1 heterocycles. The maximum atomic E-state index is 11.7. The van der Waals surface area contributed by atoms with E-state index in [1.807, 2.05) is 25.1 Å². The molecule has 2 rings (SSSR count). The van der Waals surface area contributed by atoms with Gasteiger partial charge in [0.25, 0.3) is 0 Å². The summed E-state index contributed by atoms with van der Waals surface area (Å²) in [5.74, 6) is 0.314. The van der Waals surface area contributed by atoms with Crippen LogP contribution in [0.4, 0.5) is 4.79 Å². The van der Waals surface area contributed by atoms with Crippen molar-refractivity contribution in [2.75, 3.05) is 52.5 Å². The number of benzene rings is 1. The minimum Gasteiger partial charge on any atom is -0.450 e. The Labute approximate surface area is 150 Å². The highest BCUT2D eigenvalue weighted by atomic mass is 16.6. The Morgan fingerprint density at radius 1 is 1.24 bits per heavy atom. The lowest BCUT2D eigenvalue weighted by atomic mass is 10.0. The van der Waals surface area contributed by atoms with Crippen LogP contribution in [0.25, 0.3) is 0 Å². The lowest BCUT2D eigenvalue weighted by Gasteiger charge is -2.32. The fourth-order valence-corrected chi connectivity index (χ4v) is 3.08. The van der Waals surface area contributed by atoms with E-state index in [1.165, 1.54) is 10.5 Å². The predicted octanol–water partition coefficient (Wildman–Crippen LogP) is 0.525. The highest BCUT2D eigenvalue weighted by Gasteiger charge is 2.26. The first-order valence-electron chi connectivity index (χ1n) is 9.16. The molecular weight excluding hydrogens is 320 g/mol. The molecule has 1 aliphatic rings. The van der Waals surface area contributed by atoms with Crippen molar-refractivity contribution < 1.29 is 24.3 Å². The number of rotatable bonds is 8. The largest absolute Gasteiger partial charge is 0.450 e. The van der Waals surface area contributed by atoms with Gasteiger partial charge in [-0.2, -0.15) is 0 Å². The van der Waals surface area contributed by atoms with Crippen molar-refractivity contribution in [1.82, 2.24) is 4.90 Å². The number of nitrogens with one attached hydrogen (secondary N) is 1. The van der Waals surface area contributed by atoms with E-state index in [2.05, 4.69) is 19.1 Å². The molecule has 0 aliphatic carbocycles. The molecule has 6 nitrogen and oxygen atoms in total. The van der Waals surface area contributed by atoms with Gasteiger partial charge < -0.3 is 19.5 Å². The molecule has 0 unspecified atom stereocenters. The van der Waals surface area contributed by atoms with Gasteiger partial charge in [-0.3, -0.25) is 4.90 Å². The zero-order valence-corrected chi connectivity index (χ0v) is 15.3. The van der Waals surface area contributed by atoms with Gasteiger partial charge >= 0.3 is 6.09 Å². The van der Waals surface area contributed by atoms with Gasteiger partial charge in [0.05, 0.1) is 46.0 Å². The average Bonchev–Trinajstić information content (AvgIpc) is 2.63. The molecule has 25 heavy (non-hydrogen) atoms.